The molecule has 0 aliphatic carbocycles. The summed E-state index contributed by atoms with van der Waals surface area (Å²) in [5.41, 5.74) is 1.11. The van der Waals surface area contributed by atoms with Crippen LogP contribution in [0.15, 0.2) is 59.5 Å². The van der Waals surface area contributed by atoms with Crippen molar-refractivity contribution in [2.75, 3.05) is 32.6 Å². The molecule has 1 saturated heterocycles. The van der Waals surface area contributed by atoms with E-state index < -0.39 is 5.54 Å². The van der Waals surface area contributed by atoms with Gasteiger partial charge in [0, 0.05) is 23.5 Å². The minimum absolute atomic E-state index is 0.142. The molecule has 0 saturated carbocycles. The van der Waals surface area contributed by atoms with E-state index >= 15 is 0 Å². The van der Waals surface area contributed by atoms with Gasteiger partial charge in [-0.2, -0.15) is 0 Å². The number of morpholine rings is 1. The molecular weight excluding hydrogens is 318 g/mol. The zero-order valence-corrected chi connectivity index (χ0v) is 15.0. The number of nitrogens with zero attached hydrogens (tertiary/aromatic N) is 1. The second-order valence-electron chi connectivity index (χ2n) is 6.10. The smallest absolute Gasteiger partial charge is 0.187 e. The Labute approximate surface area is 148 Å². The molecule has 1 atom stereocenters. The van der Waals surface area contributed by atoms with Crippen LogP contribution >= 0.6 is 11.8 Å². The molecule has 0 aromatic heterocycles. The van der Waals surface area contributed by atoms with Crippen molar-refractivity contribution in [2.24, 2.45) is 0 Å². The van der Waals surface area contributed by atoms with Gasteiger partial charge in [-0.3, -0.25) is 9.69 Å². The largest absolute Gasteiger partial charge is 0.379 e. The number of hydrogen-bond acceptors (Lipinski definition) is 4. The van der Waals surface area contributed by atoms with Crippen molar-refractivity contribution in [3.8, 4) is 0 Å². The van der Waals surface area contributed by atoms with Crippen LogP contribution < -0.4 is 0 Å². The Morgan fingerprint density at radius 2 is 1.67 bits per heavy atom. The summed E-state index contributed by atoms with van der Waals surface area (Å²) in [5.74, 6) is 0.142. The maximum atomic E-state index is 13.5. The monoisotopic (exact) mass is 341 g/mol. The number of rotatable bonds is 5. The van der Waals surface area contributed by atoms with Gasteiger partial charge in [-0.1, -0.05) is 42.5 Å². The summed E-state index contributed by atoms with van der Waals surface area (Å²) in [6, 6.07) is 18.0. The van der Waals surface area contributed by atoms with Gasteiger partial charge in [0.25, 0.3) is 0 Å². The Balaban J connectivity index is 2.01. The minimum atomic E-state index is -0.675. The minimum Gasteiger partial charge on any atom is -0.379 e. The molecule has 0 radical (unpaired) electrons. The molecule has 4 heteroatoms. The highest BCUT2D eigenvalue weighted by atomic mass is 32.2. The maximum Gasteiger partial charge on any atom is 0.187 e. The first kappa shape index (κ1) is 17.2. The molecule has 0 spiro atoms. The van der Waals surface area contributed by atoms with Gasteiger partial charge in [0.2, 0.25) is 0 Å². The maximum absolute atomic E-state index is 13.5. The fraction of sp³-hybridized carbons (Fsp3) is 0.350. The van der Waals surface area contributed by atoms with Crippen molar-refractivity contribution in [3.05, 3.63) is 65.7 Å². The first-order valence-corrected chi connectivity index (χ1v) is 9.46. The molecule has 2 aromatic carbocycles. The quantitative estimate of drug-likeness (QED) is 0.610. The number of carbonyl (C=O) groups is 1. The molecule has 1 aliphatic heterocycles. The molecule has 1 aliphatic rings. The van der Waals surface area contributed by atoms with Crippen molar-refractivity contribution in [2.45, 2.75) is 17.4 Å². The van der Waals surface area contributed by atoms with Crippen LogP contribution in [-0.4, -0.2) is 43.2 Å². The predicted octanol–water partition coefficient (Wildman–Crippen LogP) is 3.84. The summed E-state index contributed by atoms with van der Waals surface area (Å²) in [7, 11) is 0. The second kappa shape index (κ2) is 7.51. The zero-order chi connectivity index (χ0) is 17.0. The van der Waals surface area contributed by atoms with Gasteiger partial charge in [-0.05, 0) is 30.9 Å². The van der Waals surface area contributed by atoms with E-state index in [-0.39, 0.29) is 5.78 Å². The van der Waals surface area contributed by atoms with E-state index in [0.29, 0.717) is 13.2 Å². The Morgan fingerprint density at radius 1 is 1.04 bits per heavy atom. The number of carbonyl (C=O) groups excluding carboxylic acids is 1. The summed E-state index contributed by atoms with van der Waals surface area (Å²) < 4.78 is 5.49. The van der Waals surface area contributed by atoms with Crippen LogP contribution in [0.3, 0.4) is 0 Å². The highest BCUT2D eigenvalue weighted by Crippen LogP contribution is 2.33. The molecule has 3 rings (SSSR count). The first-order chi connectivity index (χ1) is 11.7. The van der Waals surface area contributed by atoms with Crippen LogP contribution in [0.2, 0.25) is 0 Å². The first-order valence-electron chi connectivity index (χ1n) is 8.23. The van der Waals surface area contributed by atoms with Gasteiger partial charge in [0.05, 0.1) is 13.2 Å². The zero-order valence-electron chi connectivity index (χ0n) is 14.2. The molecule has 0 bridgehead atoms. The Hall–Kier alpha value is -1.62. The van der Waals surface area contributed by atoms with Crippen molar-refractivity contribution in [3.63, 3.8) is 0 Å². The van der Waals surface area contributed by atoms with Gasteiger partial charge in [0.1, 0.15) is 5.54 Å². The second-order valence-corrected chi connectivity index (χ2v) is 6.97. The number of ketones is 1. The Kier molecular flexibility index (Phi) is 5.39. The fourth-order valence-electron chi connectivity index (χ4n) is 3.25. The van der Waals surface area contributed by atoms with Crippen LogP contribution in [0.4, 0.5) is 0 Å². The van der Waals surface area contributed by atoms with Crippen LogP contribution in [0.25, 0.3) is 0 Å². The molecule has 126 valence electrons. The Bertz CT molecular complexity index is 681. The van der Waals surface area contributed by atoms with Crippen molar-refractivity contribution >= 4 is 17.5 Å². The predicted molar refractivity (Wildman–Crippen MR) is 98.7 cm³/mol. The van der Waals surface area contributed by atoms with E-state index in [1.165, 1.54) is 4.90 Å². The van der Waals surface area contributed by atoms with Gasteiger partial charge < -0.3 is 4.74 Å². The summed E-state index contributed by atoms with van der Waals surface area (Å²) in [4.78, 5) is 16.9. The number of thioether (sulfide) groups is 1. The van der Waals surface area contributed by atoms with Crippen molar-refractivity contribution in [1.29, 1.82) is 0 Å². The van der Waals surface area contributed by atoms with Crippen molar-refractivity contribution in [1.82, 2.24) is 4.90 Å². The highest BCUT2D eigenvalue weighted by Gasteiger charge is 2.41. The van der Waals surface area contributed by atoms with Crippen LogP contribution in [-0.2, 0) is 10.3 Å². The van der Waals surface area contributed by atoms with E-state index in [1.54, 1.807) is 11.8 Å². The van der Waals surface area contributed by atoms with E-state index in [0.717, 1.165) is 24.2 Å². The van der Waals surface area contributed by atoms with E-state index in [2.05, 4.69) is 4.90 Å². The topological polar surface area (TPSA) is 29.5 Å². The molecule has 1 fully saturated rings. The lowest BCUT2D eigenvalue weighted by molar-refractivity contribution is -0.0111. The lowest BCUT2D eigenvalue weighted by atomic mass is 9.82. The van der Waals surface area contributed by atoms with Crippen LogP contribution in [0.1, 0.15) is 22.8 Å². The van der Waals surface area contributed by atoms with Gasteiger partial charge in [0.15, 0.2) is 5.78 Å². The molecule has 2 aromatic rings. The Morgan fingerprint density at radius 3 is 2.25 bits per heavy atom. The third-order valence-electron chi connectivity index (χ3n) is 4.77. The van der Waals surface area contributed by atoms with Crippen LogP contribution in [0.5, 0.6) is 0 Å². The lowest BCUT2D eigenvalue weighted by Gasteiger charge is -2.42. The standard InChI is InChI=1S/C20H23NO2S/c1-20(17-6-4-3-5-7-17,21-12-14-23-15-13-21)19(22)16-8-10-18(24-2)11-9-16/h3-11H,12-15H2,1-2H3. The number of ether oxygens (including phenoxy) is 1. The summed E-state index contributed by atoms with van der Waals surface area (Å²) in [6.07, 6.45) is 2.04. The van der Waals surface area contributed by atoms with Gasteiger partial charge >= 0.3 is 0 Å². The third-order valence-corrected chi connectivity index (χ3v) is 5.52. The van der Waals surface area contributed by atoms with Gasteiger partial charge in [-0.25, -0.2) is 0 Å². The lowest BCUT2D eigenvalue weighted by Crippen LogP contribution is -2.54. The average molecular weight is 341 g/mol. The van der Waals surface area contributed by atoms with E-state index in [4.69, 9.17) is 4.74 Å². The molecular formula is C20H23NO2S. The van der Waals surface area contributed by atoms with Crippen molar-refractivity contribution < 1.29 is 9.53 Å². The third kappa shape index (κ3) is 3.27. The molecule has 0 N–H and O–H groups in total. The molecule has 24 heavy (non-hydrogen) atoms. The molecule has 1 unspecified atom stereocenters. The number of hydrogen-bond donors (Lipinski definition) is 0. The van der Waals surface area contributed by atoms with E-state index in [9.17, 15) is 4.79 Å². The molecule has 3 nitrogen and oxygen atoms in total. The number of benzene rings is 2. The SMILES string of the molecule is CSc1ccc(C(=O)C(C)(c2ccccc2)N2CCOCC2)cc1. The fourth-order valence-corrected chi connectivity index (χ4v) is 3.66. The summed E-state index contributed by atoms with van der Waals surface area (Å²) in [5, 5.41) is 0. The molecule has 0 amide bonds. The van der Waals surface area contributed by atoms with Crippen LogP contribution in [0, 0.1) is 0 Å². The summed E-state index contributed by atoms with van der Waals surface area (Å²) in [6.45, 7) is 4.90. The summed E-state index contributed by atoms with van der Waals surface area (Å²) >= 11 is 1.68. The normalized spacial score (nSPS) is 18.1. The van der Waals surface area contributed by atoms with E-state index in [1.807, 2.05) is 67.8 Å². The van der Waals surface area contributed by atoms with Gasteiger partial charge in [-0.15, -0.1) is 11.8 Å². The number of Topliss-reactive ketones (excluding diaryl/α,β-unsaturated/α-hetero) is 1. The highest BCUT2D eigenvalue weighted by molar-refractivity contribution is 7.98. The molecule has 1 heterocycles. The average Bonchev–Trinajstić information content (AvgIpc) is 2.68.